The molecule has 0 atom stereocenters. The van der Waals surface area contributed by atoms with Crippen LogP contribution in [0.5, 0.6) is 11.5 Å². The predicted octanol–water partition coefficient (Wildman–Crippen LogP) is 6.17. The predicted molar refractivity (Wildman–Crippen MR) is 131 cm³/mol. The topological polar surface area (TPSA) is 79.6 Å². The SMILES string of the molecule is COc1cc(/C=C2\SC(=O)N(Cc3ccc(F)cc3Cl)C2=O)ccc1OCc1ccccc1C#N. The van der Waals surface area contributed by atoms with Crippen LogP contribution < -0.4 is 9.47 Å². The lowest BCUT2D eigenvalue weighted by Crippen LogP contribution is -2.27. The Morgan fingerprint density at radius 1 is 1.09 bits per heavy atom. The van der Waals surface area contributed by atoms with Gasteiger partial charge in [-0.25, -0.2) is 4.39 Å². The van der Waals surface area contributed by atoms with Crippen LogP contribution >= 0.6 is 23.4 Å². The number of halogens is 2. The molecule has 1 heterocycles. The van der Waals surface area contributed by atoms with Crippen molar-refractivity contribution in [2.75, 3.05) is 7.11 Å². The molecule has 6 nitrogen and oxygen atoms in total. The standard InChI is InChI=1S/C26H18ClFN2O4S/c1-33-23-10-16(6-9-22(23)34-15-19-5-3-2-4-17(19)13-29)11-24-25(31)30(26(32)35-24)14-18-7-8-20(28)12-21(18)27/h2-12H,14-15H2,1H3/b24-11-. The van der Waals surface area contributed by atoms with Crippen LogP contribution in [0.3, 0.4) is 0 Å². The van der Waals surface area contributed by atoms with Gasteiger partial charge in [0, 0.05) is 10.6 Å². The first kappa shape index (κ1) is 24.3. The van der Waals surface area contributed by atoms with E-state index in [0.717, 1.165) is 28.3 Å². The highest BCUT2D eigenvalue weighted by Crippen LogP contribution is 2.36. The summed E-state index contributed by atoms with van der Waals surface area (Å²) in [5.41, 5.74) is 2.38. The highest BCUT2D eigenvalue weighted by molar-refractivity contribution is 8.18. The minimum atomic E-state index is -0.497. The third-order valence-electron chi connectivity index (χ3n) is 5.22. The summed E-state index contributed by atoms with van der Waals surface area (Å²) in [7, 11) is 1.50. The van der Waals surface area contributed by atoms with E-state index in [2.05, 4.69) is 6.07 Å². The van der Waals surface area contributed by atoms with Gasteiger partial charge in [0.15, 0.2) is 11.5 Å². The molecule has 0 unspecified atom stereocenters. The molecule has 2 amide bonds. The van der Waals surface area contributed by atoms with Gasteiger partial charge in [0.1, 0.15) is 12.4 Å². The molecule has 1 aliphatic rings. The molecule has 35 heavy (non-hydrogen) atoms. The molecule has 0 radical (unpaired) electrons. The molecule has 1 saturated heterocycles. The van der Waals surface area contributed by atoms with Gasteiger partial charge in [-0.2, -0.15) is 5.26 Å². The van der Waals surface area contributed by atoms with Gasteiger partial charge in [0.05, 0.1) is 30.2 Å². The van der Waals surface area contributed by atoms with E-state index < -0.39 is 17.0 Å². The third-order valence-corrected chi connectivity index (χ3v) is 6.48. The zero-order valence-electron chi connectivity index (χ0n) is 18.5. The molecule has 0 bridgehead atoms. The van der Waals surface area contributed by atoms with Crippen molar-refractivity contribution in [2.45, 2.75) is 13.2 Å². The van der Waals surface area contributed by atoms with E-state index in [4.69, 9.17) is 21.1 Å². The zero-order chi connectivity index (χ0) is 24.9. The number of thioether (sulfide) groups is 1. The second kappa shape index (κ2) is 10.6. The number of imide groups is 1. The normalized spacial score (nSPS) is 14.3. The third kappa shape index (κ3) is 5.48. The monoisotopic (exact) mass is 508 g/mol. The lowest BCUT2D eigenvalue weighted by molar-refractivity contribution is -0.123. The Hall–Kier alpha value is -3.80. The Bertz CT molecular complexity index is 1390. The minimum Gasteiger partial charge on any atom is -0.493 e. The molecule has 4 rings (SSSR count). The highest BCUT2D eigenvalue weighted by Gasteiger charge is 2.35. The van der Waals surface area contributed by atoms with E-state index in [1.807, 2.05) is 12.1 Å². The second-order valence-electron chi connectivity index (χ2n) is 7.47. The summed E-state index contributed by atoms with van der Waals surface area (Å²) >= 11 is 6.86. The number of nitriles is 1. The maximum absolute atomic E-state index is 13.3. The second-order valence-corrected chi connectivity index (χ2v) is 8.87. The van der Waals surface area contributed by atoms with Gasteiger partial charge in [0.2, 0.25) is 0 Å². The van der Waals surface area contributed by atoms with E-state index in [9.17, 15) is 19.2 Å². The van der Waals surface area contributed by atoms with E-state index in [1.165, 1.54) is 19.2 Å². The quantitative estimate of drug-likeness (QED) is 0.355. The number of hydrogen-bond donors (Lipinski definition) is 0. The molecule has 0 aromatic heterocycles. The molecule has 9 heteroatoms. The van der Waals surface area contributed by atoms with Crippen molar-refractivity contribution >= 4 is 40.6 Å². The maximum atomic E-state index is 13.3. The zero-order valence-corrected chi connectivity index (χ0v) is 20.0. The Morgan fingerprint density at radius 3 is 2.63 bits per heavy atom. The lowest BCUT2D eigenvalue weighted by atomic mass is 10.1. The van der Waals surface area contributed by atoms with Crippen LogP contribution in [0.4, 0.5) is 9.18 Å². The van der Waals surface area contributed by atoms with Crippen molar-refractivity contribution in [1.82, 2.24) is 4.90 Å². The summed E-state index contributed by atoms with van der Waals surface area (Å²) < 4.78 is 24.6. The number of methoxy groups -OCH3 is 1. The molecule has 0 aliphatic carbocycles. The first-order valence-corrected chi connectivity index (χ1v) is 11.6. The number of carbonyl (C=O) groups is 2. The van der Waals surface area contributed by atoms with Crippen molar-refractivity contribution in [1.29, 1.82) is 5.26 Å². The Balaban J connectivity index is 1.50. The molecular formula is C26H18ClFN2O4S. The Morgan fingerprint density at radius 2 is 1.89 bits per heavy atom. The molecule has 1 aliphatic heterocycles. The molecule has 0 N–H and O–H groups in total. The van der Waals surface area contributed by atoms with Gasteiger partial charge >= 0.3 is 0 Å². The number of hydrogen-bond acceptors (Lipinski definition) is 6. The number of benzene rings is 3. The number of rotatable bonds is 7. The molecule has 1 fully saturated rings. The van der Waals surface area contributed by atoms with Crippen LogP contribution in [0, 0.1) is 17.1 Å². The van der Waals surface area contributed by atoms with Crippen LogP contribution in [0.2, 0.25) is 5.02 Å². The first-order valence-electron chi connectivity index (χ1n) is 10.4. The van der Waals surface area contributed by atoms with Gasteiger partial charge in [-0.15, -0.1) is 0 Å². The molecule has 3 aromatic carbocycles. The van der Waals surface area contributed by atoms with E-state index in [1.54, 1.807) is 36.4 Å². The molecule has 0 saturated carbocycles. The van der Waals surface area contributed by atoms with Crippen LogP contribution in [-0.4, -0.2) is 23.2 Å². The highest BCUT2D eigenvalue weighted by atomic mass is 35.5. The van der Waals surface area contributed by atoms with Gasteiger partial charge in [0.25, 0.3) is 11.1 Å². The number of carbonyl (C=O) groups excluding carboxylic acids is 2. The minimum absolute atomic E-state index is 0.0542. The maximum Gasteiger partial charge on any atom is 0.293 e. The Labute approximate surface area is 210 Å². The van der Waals surface area contributed by atoms with Gasteiger partial charge in [-0.1, -0.05) is 41.9 Å². The fourth-order valence-electron chi connectivity index (χ4n) is 3.41. The fraction of sp³-hybridized carbons (Fsp3) is 0.115. The largest absolute Gasteiger partial charge is 0.493 e. The summed E-state index contributed by atoms with van der Waals surface area (Å²) in [6.45, 7) is 0.131. The lowest BCUT2D eigenvalue weighted by Gasteiger charge is -2.13. The summed E-state index contributed by atoms with van der Waals surface area (Å²) in [5, 5.41) is 8.94. The summed E-state index contributed by atoms with van der Waals surface area (Å²) in [6, 6.07) is 18.2. The van der Waals surface area contributed by atoms with Gasteiger partial charge in [-0.3, -0.25) is 14.5 Å². The Kier molecular flexibility index (Phi) is 7.39. The van der Waals surface area contributed by atoms with Crippen molar-refractivity contribution in [2.24, 2.45) is 0 Å². The van der Waals surface area contributed by atoms with E-state index >= 15 is 0 Å². The van der Waals surface area contributed by atoms with Crippen molar-refractivity contribution in [3.8, 4) is 17.6 Å². The van der Waals surface area contributed by atoms with Crippen LogP contribution in [0.25, 0.3) is 6.08 Å². The van der Waals surface area contributed by atoms with Gasteiger partial charge < -0.3 is 9.47 Å². The van der Waals surface area contributed by atoms with Crippen molar-refractivity contribution < 1.29 is 23.5 Å². The average molecular weight is 509 g/mol. The summed E-state index contributed by atoms with van der Waals surface area (Å²) in [5.74, 6) is -0.0572. The van der Waals surface area contributed by atoms with Crippen LogP contribution in [0.15, 0.2) is 65.6 Å². The number of ether oxygens (including phenoxy) is 2. The fourth-order valence-corrected chi connectivity index (χ4v) is 4.48. The van der Waals surface area contributed by atoms with Gasteiger partial charge in [-0.05, 0) is 59.3 Å². The first-order chi connectivity index (χ1) is 16.9. The summed E-state index contributed by atoms with van der Waals surface area (Å²) in [4.78, 5) is 26.6. The van der Waals surface area contributed by atoms with E-state index in [-0.39, 0.29) is 23.1 Å². The molecule has 3 aromatic rings. The number of amides is 2. The number of nitrogens with zero attached hydrogens (tertiary/aromatic N) is 2. The summed E-state index contributed by atoms with van der Waals surface area (Å²) in [6.07, 6.45) is 1.59. The van der Waals surface area contributed by atoms with Crippen LogP contribution in [-0.2, 0) is 17.9 Å². The van der Waals surface area contributed by atoms with Crippen molar-refractivity contribution in [3.63, 3.8) is 0 Å². The molecule has 0 spiro atoms. The molecular weight excluding hydrogens is 491 g/mol. The average Bonchev–Trinajstić information content (AvgIpc) is 3.12. The molecule has 176 valence electrons. The van der Waals surface area contributed by atoms with Crippen LogP contribution in [0.1, 0.15) is 22.3 Å². The van der Waals surface area contributed by atoms with Crippen molar-refractivity contribution in [3.05, 3.63) is 98.7 Å². The smallest absolute Gasteiger partial charge is 0.293 e. The van der Waals surface area contributed by atoms with E-state index in [0.29, 0.717) is 28.2 Å².